The molecular weight excluding hydrogens is 350 g/mol. The molecule has 3 rings (SSSR count). The minimum absolute atomic E-state index is 0.0269. The molecular formula is C17H18F2N2O3S. The molecule has 8 heteroatoms. The van der Waals surface area contributed by atoms with Gasteiger partial charge in [0.15, 0.2) is 11.6 Å². The molecule has 2 aromatic rings. The molecule has 5 nitrogen and oxygen atoms in total. The molecule has 1 fully saturated rings. The van der Waals surface area contributed by atoms with Gasteiger partial charge in [-0.05, 0) is 35.9 Å². The molecule has 0 aliphatic carbocycles. The second kappa shape index (κ2) is 7.07. The smallest absolute Gasteiger partial charge is 0.243 e. The molecule has 0 spiro atoms. The lowest BCUT2D eigenvalue weighted by Crippen LogP contribution is -2.48. The van der Waals surface area contributed by atoms with E-state index in [1.165, 1.54) is 41.7 Å². The molecule has 0 radical (unpaired) electrons. The topological polar surface area (TPSA) is 58.6 Å². The molecule has 134 valence electrons. The van der Waals surface area contributed by atoms with E-state index in [2.05, 4.69) is 5.32 Å². The molecule has 0 amide bonds. The Morgan fingerprint density at radius 3 is 2.68 bits per heavy atom. The predicted octanol–water partition coefficient (Wildman–Crippen LogP) is 2.31. The van der Waals surface area contributed by atoms with Crippen molar-refractivity contribution in [3.8, 4) is 5.75 Å². The number of halogens is 2. The SMILES string of the molecule is COc1ccc(S(=O)(=O)N2CCNCC2c2cccc(F)c2)cc1F. The molecule has 2 aromatic carbocycles. The molecule has 1 unspecified atom stereocenters. The first-order valence-electron chi connectivity index (χ1n) is 7.75. The highest BCUT2D eigenvalue weighted by Gasteiger charge is 2.35. The number of nitrogens with zero attached hydrogens (tertiary/aromatic N) is 1. The highest BCUT2D eigenvalue weighted by atomic mass is 32.2. The number of sulfonamides is 1. The third-order valence-corrected chi connectivity index (χ3v) is 6.06. The lowest BCUT2D eigenvalue weighted by Gasteiger charge is -2.35. The molecule has 0 aromatic heterocycles. The van der Waals surface area contributed by atoms with Crippen LogP contribution in [0.2, 0.25) is 0 Å². The Kier molecular flexibility index (Phi) is 5.03. The van der Waals surface area contributed by atoms with Crippen molar-refractivity contribution in [3.63, 3.8) is 0 Å². The van der Waals surface area contributed by atoms with E-state index in [0.717, 1.165) is 6.07 Å². The molecule has 1 atom stereocenters. The van der Waals surface area contributed by atoms with Gasteiger partial charge in [0.25, 0.3) is 0 Å². The van der Waals surface area contributed by atoms with Crippen molar-refractivity contribution in [1.29, 1.82) is 0 Å². The van der Waals surface area contributed by atoms with Crippen LogP contribution in [0, 0.1) is 11.6 Å². The average Bonchev–Trinajstić information content (AvgIpc) is 2.61. The van der Waals surface area contributed by atoms with Gasteiger partial charge in [-0.1, -0.05) is 12.1 Å². The molecule has 0 saturated carbocycles. The van der Waals surface area contributed by atoms with Gasteiger partial charge in [-0.25, -0.2) is 17.2 Å². The lowest BCUT2D eigenvalue weighted by atomic mass is 10.1. The third kappa shape index (κ3) is 3.51. The monoisotopic (exact) mass is 368 g/mol. The number of ether oxygens (including phenoxy) is 1. The van der Waals surface area contributed by atoms with Crippen molar-refractivity contribution in [1.82, 2.24) is 9.62 Å². The standard InChI is InChI=1S/C17H18F2N2O3S/c1-24-17-6-5-14(10-15(17)19)25(22,23)21-8-7-20-11-16(21)12-3-2-4-13(18)9-12/h2-6,9-10,16,20H,7-8,11H2,1H3. The van der Waals surface area contributed by atoms with Crippen molar-refractivity contribution in [2.75, 3.05) is 26.7 Å². The van der Waals surface area contributed by atoms with Crippen LogP contribution in [0.15, 0.2) is 47.4 Å². The van der Waals surface area contributed by atoms with E-state index in [4.69, 9.17) is 4.74 Å². The number of piperazine rings is 1. The summed E-state index contributed by atoms with van der Waals surface area (Å²) in [6.07, 6.45) is 0. The van der Waals surface area contributed by atoms with Crippen LogP contribution in [0.3, 0.4) is 0 Å². The Morgan fingerprint density at radius 1 is 1.20 bits per heavy atom. The van der Waals surface area contributed by atoms with E-state index in [1.807, 2.05) is 0 Å². The van der Waals surface area contributed by atoms with Gasteiger partial charge in [0, 0.05) is 19.6 Å². The molecule has 1 N–H and O–H groups in total. The molecule has 1 aliphatic rings. The van der Waals surface area contributed by atoms with Gasteiger partial charge in [-0.3, -0.25) is 0 Å². The number of hydrogen-bond acceptors (Lipinski definition) is 4. The summed E-state index contributed by atoms with van der Waals surface area (Å²) in [6, 6.07) is 8.79. The van der Waals surface area contributed by atoms with Crippen LogP contribution < -0.4 is 10.1 Å². The Labute approximate surface area is 145 Å². The molecule has 1 saturated heterocycles. The van der Waals surface area contributed by atoms with E-state index < -0.39 is 27.7 Å². The van der Waals surface area contributed by atoms with Crippen LogP contribution in [0.5, 0.6) is 5.75 Å². The highest BCUT2D eigenvalue weighted by molar-refractivity contribution is 7.89. The zero-order chi connectivity index (χ0) is 18.0. The van der Waals surface area contributed by atoms with Crippen LogP contribution in [-0.4, -0.2) is 39.5 Å². The fraction of sp³-hybridized carbons (Fsp3) is 0.294. The summed E-state index contributed by atoms with van der Waals surface area (Å²) >= 11 is 0. The molecule has 25 heavy (non-hydrogen) atoms. The first-order chi connectivity index (χ1) is 11.9. The second-order valence-electron chi connectivity index (χ2n) is 5.69. The van der Waals surface area contributed by atoms with Gasteiger partial charge in [0.05, 0.1) is 18.0 Å². The summed E-state index contributed by atoms with van der Waals surface area (Å²) in [5, 5.41) is 3.11. The van der Waals surface area contributed by atoms with Gasteiger partial charge in [0.1, 0.15) is 5.82 Å². The summed E-state index contributed by atoms with van der Waals surface area (Å²) in [5.41, 5.74) is 0.546. The maximum Gasteiger partial charge on any atom is 0.243 e. The van der Waals surface area contributed by atoms with Crippen molar-refractivity contribution >= 4 is 10.0 Å². The fourth-order valence-electron chi connectivity index (χ4n) is 2.91. The van der Waals surface area contributed by atoms with E-state index in [0.29, 0.717) is 18.7 Å². The number of benzene rings is 2. The second-order valence-corrected chi connectivity index (χ2v) is 7.58. The van der Waals surface area contributed by atoms with E-state index in [-0.39, 0.29) is 17.2 Å². The maximum absolute atomic E-state index is 14.0. The minimum Gasteiger partial charge on any atom is -0.494 e. The van der Waals surface area contributed by atoms with E-state index in [1.54, 1.807) is 6.07 Å². The summed E-state index contributed by atoms with van der Waals surface area (Å²) in [6.45, 7) is 1.02. The summed E-state index contributed by atoms with van der Waals surface area (Å²) in [5.74, 6) is -1.21. The highest BCUT2D eigenvalue weighted by Crippen LogP contribution is 2.30. The summed E-state index contributed by atoms with van der Waals surface area (Å²) in [7, 11) is -2.64. The maximum atomic E-state index is 14.0. The molecule has 1 heterocycles. The van der Waals surface area contributed by atoms with Crippen molar-refractivity contribution in [2.45, 2.75) is 10.9 Å². The predicted molar refractivity (Wildman–Crippen MR) is 88.9 cm³/mol. The molecule has 0 bridgehead atoms. The van der Waals surface area contributed by atoms with Crippen molar-refractivity contribution in [3.05, 3.63) is 59.7 Å². The Bertz CT molecular complexity index is 874. The van der Waals surface area contributed by atoms with Crippen LogP contribution in [0.4, 0.5) is 8.78 Å². The van der Waals surface area contributed by atoms with Gasteiger partial charge >= 0.3 is 0 Å². The van der Waals surface area contributed by atoms with Crippen LogP contribution in [0.1, 0.15) is 11.6 Å². The quantitative estimate of drug-likeness (QED) is 0.900. The normalized spacial score (nSPS) is 18.9. The molecule has 1 aliphatic heterocycles. The minimum atomic E-state index is -3.94. The number of rotatable bonds is 4. The fourth-order valence-corrected chi connectivity index (χ4v) is 4.54. The van der Waals surface area contributed by atoms with Crippen LogP contribution >= 0.6 is 0 Å². The van der Waals surface area contributed by atoms with E-state index in [9.17, 15) is 17.2 Å². The van der Waals surface area contributed by atoms with Crippen LogP contribution in [-0.2, 0) is 10.0 Å². The first-order valence-corrected chi connectivity index (χ1v) is 9.19. The lowest BCUT2D eigenvalue weighted by molar-refractivity contribution is 0.271. The number of methoxy groups -OCH3 is 1. The summed E-state index contributed by atoms with van der Waals surface area (Å²) in [4.78, 5) is -0.158. The third-order valence-electron chi connectivity index (χ3n) is 4.16. The number of nitrogens with one attached hydrogen (secondary N) is 1. The van der Waals surface area contributed by atoms with Gasteiger partial charge < -0.3 is 10.1 Å². The van der Waals surface area contributed by atoms with Gasteiger partial charge in [-0.2, -0.15) is 4.31 Å². The Hall–Kier alpha value is -2.03. The van der Waals surface area contributed by atoms with E-state index >= 15 is 0 Å². The van der Waals surface area contributed by atoms with Gasteiger partial charge in [0.2, 0.25) is 10.0 Å². The van der Waals surface area contributed by atoms with Crippen molar-refractivity contribution < 1.29 is 21.9 Å². The largest absolute Gasteiger partial charge is 0.494 e. The zero-order valence-corrected chi connectivity index (χ0v) is 14.4. The van der Waals surface area contributed by atoms with Gasteiger partial charge in [-0.15, -0.1) is 0 Å². The number of hydrogen-bond donors (Lipinski definition) is 1. The average molecular weight is 368 g/mol. The van der Waals surface area contributed by atoms with Crippen molar-refractivity contribution in [2.24, 2.45) is 0 Å². The Morgan fingerprint density at radius 2 is 2.00 bits per heavy atom. The Balaban J connectivity index is 2.00. The van der Waals surface area contributed by atoms with Crippen LogP contribution in [0.25, 0.3) is 0 Å². The summed E-state index contributed by atoms with van der Waals surface area (Å²) < 4.78 is 59.6. The zero-order valence-electron chi connectivity index (χ0n) is 13.6. The first kappa shape index (κ1) is 17.8.